The van der Waals surface area contributed by atoms with Crippen molar-refractivity contribution in [1.82, 2.24) is 10.6 Å². The third-order valence-corrected chi connectivity index (χ3v) is 1.89. The summed E-state index contributed by atoms with van der Waals surface area (Å²) >= 11 is 0. The highest BCUT2D eigenvalue weighted by atomic mass is 16.5. The number of carbonyl (C=O) groups excluding carboxylic acids is 1. The van der Waals surface area contributed by atoms with Crippen LogP contribution in [-0.2, 0) is 9.53 Å². The van der Waals surface area contributed by atoms with Gasteiger partial charge in [-0.1, -0.05) is 0 Å². The Morgan fingerprint density at radius 3 is 3.15 bits per heavy atom. The number of morpholine rings is 1. The third kappa shape index (κ3) is 3.71. The van der Waals surface area contributed by atoms with Gasteiger partial charge < -0.3 is 20.5 Å². The van der Waals surface area contributed by atoms with Crippen LogP contribution in [0.4, 0.5) is 0 Å². The number of amides is 1. The molecule has 0 saturated carbocycles. The normalized spacial score (nSPS) is 25.2. The van der Waals surface area contributed by atoms with E-state index < -0.39 is 6.10 Å². The number of carbonyl (C=O) groups is 1. The molecule has 0 aromatic rings. The molecular formula is C8H16N2O3. The first kappa shape index (κ1) is 10.4. The van der Waals surface area contributed by atoms with Gasteiger partial charge in [-0.05, 0) is 6.92 Å². The molecule has 1 saturated heterocycles. The van der Waals surface area contributed by atoms with Gasteiger partial charge in [-0.3, -0.25) is 4.79 Å². The lowest BCUT2D eigenvalue weighted by Gasteiger charge is -2.23. The van der Waals surface area contributed by atoms with Crippen LogP contribution in [0.15, 0.2) is 0 Å². The first-order valence-electron chi connectivity index (χ1n) is 4.48. The van der Waals surface area contributed by atoms with Gasteiger partial charge in [0.05, 0.1) is 12.7 Å². The molecule has 1 heterocycles. The van der Waals surface area contributed by atoms with Crippen LogP contribution >= 0.6 is 0 Å². The van der Waals surface area contributed by atoms with Crippen LogP contribution in [0.3, 0.4) is 0 Å². The molecule has 1 amide bonds. The zero-order valence-electron chi connectivity index (χ0n) is 7.75. The maximum atomic E-state index is 10.9. The summed E-state index contributed by atoms with van der Waals surface area (Å²) in [6, 6.07) is 0. The summed E-state index contributed by atoms with van der Waals surface area (Å²) in [5.41, 5.74) is 0. The molecule has 1 fully saturated rings. The van der Waals surface area contributed by atoms with Crippen molar-refractivity contribution in [2.75, 3.05) is 26.2 Å². The van der Waals surface area contributed by atoms with Crippen LogP contribution in [0.1, 0.15) is 6.92 Å². The topological polar surface area (TPSA) is 70.6 Å². The van der Waals surface area contributed by atoms with Crippen LogP contribution < -0.4 is 10.6 Å². The summed E-state index contributed by atoms with van der Waals surface area (Å²) in [5, 5.41) is 14.6. The molecule has 0 aromatic carbocycles. The van der Waals surface area contributed by atoms with Gasteiger partial charge in [0, 0.05) is 19.6 Å². The highest BCUT2D eigenvalue weighted by Crippen LogP contribution is 1.93. The van der Waals surface area contributed by atoms with Crippen molar-refractivity contribution >= 4 is 5.91 Å². The van der Waals surface area contributed by atoms with Gasteiger partial charge in [0.2, 0.25) is 5.91 Å². The van der Waals surface area contributed by atoms with Crippen molar-refractivity contribution in [3.05, 3.63) is 0 Å². The lowest BCUT2D eigenvalue weighted by atomic mass is 10.3. The SMILES string of the molecule is C[C@@H](O)C(=O)NCC1CNCCO1. The number of aliphatic hydroxyl groups excluding tert-OH is 1. The fourth-order valence-corrected chi connectivity index (χ4v) is 1.11. The number of rotatable bonds is 3. The van der Waals surface area contributed by atoms with E-state index in [1.54, 1.807) is 0 Å². The minimum Gasteiger partial charge on any atom is -0.384 e. The van der Waals surface area contributed by atoms with Gasteiger partial charge in [-0.15, -0.1) is 0 Å². The Bertz CT molecular complexity index is 167. The van der Waals surface area contributed by atoms with Crippen molar-refractivity contribution in [3.63, 3.8) is 0 Å². The minimum atomic E-state index is -0.948. The van der Waals surface area contributed by atoms with E-state index in [0.29, 0.717) is 13.2 Å². The Kier molecular flexibility index (Phi) is 4.14. The van der Waals surface area contributed by atoms with Gasteiger partial charge in [-0.2, -0.15) is 0 Å². The quantitative estimate of drug-likeness (QED) is 0.502. The lowest BCUT2D eigenvalue weighted by Crippen LogP contribution is -2.46. The van der Waals surface area contributed by atoms with Gasteiger partial charge in [0.25, 0.3) is 0 Å². The summed E-state index contributed by atoms with van der Waals surface area (Å²) in [4.78, 5) is 10.9. The van der Waals surface area contributed by atoms with Crippen LogP contribution in [0, 0.1) is 0 Å². The fraction of sp³-hybridized carbons (Fsp3) is 0.875. The predicted molar refractivity (Wildman–Crippen MR) is 47.3 cm³/mol. The molecule has 0 bridgehead atoms. The van der Waals surface area contributed by atoms with E-state index in [2.05, 4.69) is 10.6 Å². The summed E-state index contributed by atoms with van der Waals surface area (Å²) < 4.78 is 5.35. The molecule has 13 heavy (non-hydrogen) atoms. The Balaban J connectivity index is 2.13. The van der Waals surface area contributed by atoms with Gasteiger partial charge in [0.1, 0.15) is 6.10 Å². The Hall–Kier alpha value is -0.650. The summed E-state index contributed by atoms with van der Waals surface area (Å²) in [6.45, 7) is 4.18. The first-order chi connectivity index (χ1) is 6.20. The number of aliphatic hydroxyl groups is 1. The van der Waals surface area contributed by atoms with Crippen LogP contribution in [0.25, 0.3) is 0 Å². The van der Waals surface area contributed by atoms with Gasteiger partial charge in [-0.25, -0.2) is 0 Å². The van der Waals surface area contributed by atoms with Crippen molar-refractivity contribution < 1.29 is 14.6 Å². The molecule has 0 aliphatic carbocycles. The second-order valence-electron chi connectivity index (χ2n) is 3.12. The average molecular weight is 188 g/mol. The highest BCUT2D eigenvalue weighted by molar-refractivity contribution is 5.79. The Labute approximate surface area is 77.5 Å². The summed E-state index contributed by atoms with van der Waals surface area (Å²) in [7, 11) is 0. The van der Waals surface area contributed by atoms with Crippen LogP contribution in [0.2, 0.25) is 0 Å². The second kappa shape index (κ2) is 5.16. The number of nitrogens with one attached hydrogen (secondary N) is 2. The molecule has 1 unspecified atom stereocenters. The molecule has 76 valence electrons. The van der Waals surface area contributed by atoms with Crippen molar-refractivity contribution in [1.29, 1.82) is 0 Å². The molecule has 1 aliphatic heterocycles. The zero-order valence-corrected chi connectivity index (χ0v) is 7.75. The monoisotopic (exact) mass is 188 g/mol. The van der Waals surface area contributed by atoms with E-state index in [1.165, 1.54) is 6.92 Å². The van der Waals surface area contributed by atoms with E-state index in [1.807, 2.05) is 0 Å². The van der Waals surface area contributed by atoms with Crippen molar-refractivity contribution in [3.8, 4) is 0 Å². The molecular weight excluding hydrogens is 172 g/mol. The van der Waals surface area contributed by atoms with Gasteiger partial charge in [0.15, 0.2) is 0 Å². The van der Waals surface area contributed by atoms with Crippen molar-refractivity contribution in [2.45, 2.75) is 19.1 Å². The average Bonchev–Trinajstić information content (AvgIpc) is 2.15. The van der Waals surface area contributed by atoms with Crippen molar-refractivity contribution in [2.24, 2.45) is 0 Å². The van der Waals surface area contributed by atoms with E-state index >= 15 is 0 Å². The lowest BCUT2D eigenvalue weighted by molar-refractivity contribution is -0.129. The van der Waals surface area contributed by atoms with E-state index in [9.17, 15) is 4.79 Å². The molecule has 5 heteroatoms. The number of ether oxygens (including phenoxy) is 1. The largest absolute Gasteiger partial charge is 0.384 e. The highest BCUT2D eigenvalue weighted by Gasteiger charge is 2.15. The molecule has 2 atom stereocenters. The maximum Gasteiger partial charge on any atom is 0.248 e. The molecule has 5 nitrogen and oxygen atoms in total. The van der Waals surface area contributed by atoms with E-state index in [-0.39, 0.29) is 12.0 Å². The van der Waals surface area contributed by atoms with Crippen LogP contribution in [-0.4, -0.2) is 49.5 Å². The number of hydrogen-bond acceptors (Lipinski definition) is 4. The van der Waals surface area contributed by atoms with Crippen LogP contribution in [0.5, 0.6) is 0 Å². The maximum absolute atomic E-state index is 10.9. The second-order valence-corrected chi connectivity index (χ2v) is 3.12. The molecule has 0 radical (unpaired) electrons. The number of hydrogen-bond donors (Lipinski definition) is 3. The van der Waals surface area contributed by atoms with E-state index in [0.717, 1.165) is 13.1 Å². The zero-order chi connectivity index (χ0) is 9.68. The molecule has 0 spiro atoms. The summed E-state index contributed by atoms with van der Waals surface area (Å²) in [5.74, 6) is -0.353. The molecule has 3 N–H and O–H groups in total. The molecule has 0 aromatic heterocycles. The smallest absolute Gasteiger partial charge is 0.248 e. The van der Waals surface area contributed by atoms with Gasteiger partial charge >= 0.3 is 0 Å². The summed E-state index contributed by atoms with van der Waals surface area (Å²) in [6.07, 6.45) is -0.923. The predicted octanol–water partition coefficient (Wildman–Crippen LogP) is -1.53. The fourth-order valence-electron chi connectivity index (χ4n) is 1.11. The van der Waals surface area contributed by atoms with E-state index in [4.69, 9.17) is 9.84 Å². The standard InChI is InChI=1S/C8H16N2O3/c1-6(11)8(12)10-5-7-4-9-2-3-13-7/h6-7,9,11H,2-5H2,1H3,(H,10,12)/t6-,7?/m1/s1. The minimum absolute atomic E-state index is 0.0245. The molecule has 1 aliphatic rings. The molecule has 1 rings (SSSR count). The Morgan fingerprint density at radius 1 is 1.85 bits per heavy atom. The first-order valence-corrected chi connectivity index (χ1v) is 4.48. The third-order valence-electron chi connectivity index (χ3n) is 1.89. The Morgan fingerprint density at radius 2 is 2.62 bits per heavy atom.